The molecule has 104 valence electrons. The van der Waals surface area contributed by atoms with Crippen molar-refractivity contribution in [2.75, 3.05) is 0 Å². The molecule has 0 aromatic carbocycles. The lowest BCUT2D eigenvalue weighted by molar-refractivity contribution is 0.363. The summed E-state index contributed by atoms with van der Waals surface area (Å²) in [5, 5.41) is 7.93. The van der Waals surface area contributed by atoms with E-state index in [9.17, 15) is 0 Å². The molecule has 1 aromatic heterocycles. The molecule has 0 saturated carbocycles. The van der Waals surface area contributed by atoms with Gasteiger partial charge in [-0.2, -0.15) is 5.10 Å². The van der Waals surface area contributed by atoms with Gasteiger partial charge in [0.25, 0.3) is 0 Å². The molecule has 0 fully saturated rings. The maximum absolute atomic E-state index is 4.47. The number of hydrogen-bond acceptors (Lipinski definition) is 2. The Balaban J connectivity index is 2.51. The van der Waals surface area contributed by atoms with Gasteiger partial charge in [0.05, 0.1) is 5.69 Å². The van der Waals surface area contributed by atoms with Gasteiger partial charge in [0.1, 0.15) is 0 Å². The lowest BCUT2D eigenvalue weighted by Crippen LogP contribution is -2.24. The minimum Gasteiger partial charge on any atom is -0.309 e. The first-order chi connectivity index (χ1) is 8.67. The summed E-state index contributed by atoms with van der Waals surface area (Å²) in [5.74, 6) is 0.766. The van der Waals surface area contributed by atoms with E-state index in [4.69, 9.17) is 0 Å². The number of aromatic nitrogens is 2. The summed E-state index contributed by atoms with van der Waals surface area (Å²) in [4.78, 5) is 0. The van der Waals surface area contributed by atoms with Gasteiger partial charge in [0.2, 0.25) is 0 Å². The maximum Gasteiger partial charge on any atom is 0.0522 e. The van der Waals surface area contributed by atoms with Crippen LogP contribution in [0, 0.1) is 5.92 Å². The first-order valence-electron chi connectivity index (χ1n) is 7.41. The van der Waals surface area contributed by atoms with Crippen molar-refractivity contribution in [2.45, 2.75) is 72.5 Å². The molecule has 3 nitrogen and oxygen atoms in total. The minimum atomic E-state index is 0.524. The van der Waals surface area contributed by atoms with Crippen LogP contribution in [-0.2, 0) is 13.1 Å². The fourth-order valence-corrected chi connectivity index (χ4v) is 2.15. The van der Waals surface area contributed by atoms with Crippen molar-refractivity contribution >= 4 is 0 Å². The second-order valence-corrected chi connectivity index (χ2v) is 5.46. The number of unbranched alkanes of at least 4 members (excludes halogenated alkanes) is 1. The highest BCUT2D eigenvalue weighted by atomic mass is 15.3. The monoisotopic (exact) mass is 251 g/mol. The molecule has 0 aliphatic heterocycles. The van der Waals surface area contributed by atoms with E-state index in [1.807, 2.05) is 6.20 Å². The van der Waals surface area contributed by atoms with Gasteiger partial charge in [-0.3, -0.25) is 4.68 Å². The molecule has 0 bridgehead atoms. The highest BCUT2D eigenvalue weighted by Gasteiger charge is 2.10. The lowest BCUT2D eigenvalue weighted by atomic mass is 9.99. The second-order valence-electron chi connectivity index (χ2n) is 5.46. The summed E-state index contributed by atoms with van der Waals surface area (Å²) in [6, 6.07) is 2.65. The Morgan fingerprint density at radius 3 is 2.72 bits per heavy atom. The van der Waals surface area contributed by atoms with Crippen LogP contribution in [0.3, 0.4) is 0 Å². The molecule has 1 heterocycles. The predicted molar refractivity (Wildman–Crippen MR) is 77.5 cm³/mol. The third kappa shape index (κ3) is 5.21. The quantitative estimate of drug-likeness (QED) is 0.727. The normalized spacial score (nSPS) is 13.2. The van der Waals surface area contributed by atoms with Gasteiger partial charge in [-0.25, -0.2) is 0 Å². The van der Waals surface area contributed by atoms with E-state index < -0.39 is 0 Å². The van der Waals surface area contributed by atoms with Crippen molar-refractivity contribution in [3.05, 3.63) is 18.0 Å². The number of hydrogen-bond donors (Lipinski definition) is 1. The van der Waals surface area contributed by atoms with E-state index in [1.165, 1.54) is 31.4 Å². The van der Waals surface area contributed by atoms with Crippen LogP contribution in [0.1, 0.15) is 59.1 Å². The second kappa shape index (κ2) is 8.30. The molecule has 0 spiro atoms. The average molecular weight is 251 g/mol. The SMILES string of the molecule is CCCCC(CC)Cn1nccc1CNC(C)C. The van der Waals surface area contributed by atoms with Crippen molar-refractivity contribution in [1.29, 1.82) is 0 Å². The van der Waals surface area contributed by atoms with E-state index in [0.29, 0.717) is 6.04 Å². The largest absolute Gasteiger partial charge is 0.309 e. The number of nitrogens with zero attached hydrogens (tertiary/aromatic N) is 2. The molecule has 1 N–H and O–H groups in total. The van der Waals surface area contributed by atoms with E-state index >= 15 is 0 Å². The summed E-state index contributed by atoms with van der Waals surface area (Å²) in [5.41, 5.74) is 1.30. The Morgan fingerprint density at radius 2 is 2.11 bits per heavy atom. The Morgan fingerprint density at radius 1 is 1.33 bits per heavy atom. The van der Waals surface area contributed by atoms with Gasteiger partial charge in [-0.1, -0.05) is 47.0 Å². The number of rotatable bonds is 9. The zero-order chi connectivity index (χ0) is 13.4. The van der Waals surface area contributed by atoms with Crippen molar-refractivity contribution in [2.24, 2.45) is 5.92 Å². The minimum absolute atomic E-state index is 0.524. The van der Waals surface area contributed by atoms with Gasteiger partial charge >= 0.3 is 0 Å². The van der Waals surface area contributed by atoms with Crippen LogP contribution in [-0.4, -0.2) is 15.8 Å². The Labute approximate surface area is 112 Å². The van der Waals surface area contributed by atoms with Crippen LogP contribution < -0.4 is 5.32 Å². The van der Waals surface area contributed by atoms with E-state index in [0.717, 1.165) is 19.0 Å². The van der Waals surface area contributed by atoms with Crippen LogP contribution >= 0.6 is 0 Å². The first-order valence-corrected chi connectivity index (χ1v) is 7.41. The Kier molecular flexibility index (Phi) is 7.02. The molecule has 1 rings (SSSR count). The van der Waals surface area contributed by atoms with E-state index in [1.54, 1.807) is 0 Å². The molecule has 0 aliphatic rings. The zero-order valence-corrected chi connectivity index (χ0v) is 12.4. The topological polar surface area (TPSA) is 29.9 Å². The standard InChI is InChI=1S/C15H29N3/c1-5-7-8-14(6-2)12-18-15(9-10-17-18)11-16-13(3)4/h9-10,13-14,16H,5-8,11-12H2,1-4H3. The molecular formula is C15H29N3. The van der Waals surface area contributed by atoms with Crippen LogP contribution in [0.4, 0.5) is 0 Å². The first kappa shape index (κ1) is 15.2. The number of nitrogens with one attached hydrogen (secondary N) is 1. The molecular weight excluding hydrogens is 222 g/mol. The molecule has 0 saturated heterocycles. The summed E-state index contributed by atoms with van der Waals surface area (Å²) >= 11 is 0. The lowest BCUT2D eigenvalue weighted by Gasteiger charge is -2.17. The van der Waals surface area contributed by atoms with Crippen molar-refractivity contribution in [1.82, 2.24) is 15.1 Å². The zero-order valence-electron chi connectivity index (χ0n) is 12.4. The summed E-state index contributed by atoms with van der Waals surface area (Å²) in [6.07, 6.45) is 7.11. The molecule has 3 heteroatoms. The van der Waals surface area contributed by atoms with Crippen LogP contribution in [0.2, 0.25) is 0 Å². The highest BCUT2D eigenvalue weighted by Crippen LogP contribution is 2.15. The summed E-state index contributed by atoms with van der Waals surface area (Å²) in [7, 11) is 0. The molecule has 18 heavy (non-hydrogen) atoms. The van der Waals surface area contributed by atoms with Gasteiger partial charge in [0.15, 0.2) is 0 Å². The van der Waals surface area contributed by atoms with Crippen LogP contribution in [0.5, 0.6) is 0 Å². The Hall–Kier alpha value is -0.830. The molecule has 1 aromatic rings. The molecule has 1 atom stereocenters. The van der Waals surface area contributed by atoms with Crippen molar-refractivity contribution in [3.8, 4) is 0 Å². The predicted octanol–water partition coefficient (Wildman–Crippen LogP) is 3.60. The van der Waals surface area contributed by atoms with Crippen molar-refractivity contribution in [3.63, 3.8) is 0 Å². The fourth-order valence-electron chi connectivity index (χ4n) is 2.15. The van der Waals surface area contributed by atoms with Gasteiger partial charge in [0, 0.05) is 25.3 Å². The average Bonchev–Trinajstić information content (AvgIpc) is 2.79. The van der Waals surface area contributed by atoms with E-state index in [2.05, 4.69) is 48.9 Å². The van der Waals surface area contributed by atoms with Gasteiger partial charge in [-0.15, -0.1) is 0 Å². The van der Waals surface area contributed by atoms with Gasteiger partial charge < -0.3 is 5.32 Å². The van der Waals surface area contributed by atoms with Crippen LogP contribution in [0.15, 0.2) is 12.3 Å². The van der Waals surface area contributed by atoms with Crippen LogP contribution in [0.25, 0.3) is 0 Å². The van der Waals surface area contributed by atoms with E-state index in [-0.39, 0.29) is 0 Å². The highest BCUT2D eigenvalue weighted by molar-refractivity contribution is 5.00. The Bertz CT molecular complexity index is 317. The van der Waals surface area contributed by atoms with Crippen molar-refractivity contribution < 1.29 is 0 Å². The molecule has 0 radical (unpaired) electrons. The smallest absolute Gasteiger partial charge is 0.0522 e. The maximum atomic E-state index is 4.47. The molecule has 0 amide bonds. The molecule has 0 aliphatic carbocycles. The fraction of sp³-hybridized carbons (Fsp3) is 0.800. The summed E-state index contributed by atoms with van der Waals surface area (Å²) in [6.45, 7) is 10.9. The summed E-state index contributed by atoms with van der Waals surface area (Å²) < 4.78 is 2.18. The van der Waals surface area contributed by atoms with Gasteiger partial charge in [-0.05, 0) is 18.4 Å². The molecule has 1 unspecified atom stereocenters. The third-order valence-corrected chi connectivity index (χ3v) is 3.47. The third-order valence-electron chi connectivity index (χ3n) is 3.47.